The molecule has 2 aromatic carbocycles. The van der Waals surface area contributed by atoms with Gasteiger partial charge in [0, 0.05) is 11.3 Å². The van der Waals surface area contributed by atoms with Crippen molar-refractivity contribution in [2.75, 3.05) is 5.32 Å². The third-order valence-corrected chi connectivity index (χ3v) is 2.90. The average Bonchev–Trinajstić information content (AvgIpc) is 2.43. The van der Waals surface area contributed by atoms with Crippen LogP contribution in [0.1, 0.15) is 29.8 Å². The molecule has 0 radical (unpaired) electrons. The number of carbonyl (C=O) groups excluding carboxylic acids is 1. The Labute approximate surface area is 123 Å². The summed E-state index contributed by atoms with van der Waals surface area (Å²) in [5, 5.41) is 2.77. The predicted molar refractivity (Wildman–Crippen MR) is 81.3 cm³/mol. The lowest BCUT2D eigenvalue weighted by atomic mass is 10.1. The van der Waals surface area contributed by atoms with E-state index < -0.39 is 0 Å². The van der Waals surface area contributed by atoms with Crippen LogP contribution in [0.15, 0.2) is 42.5 Å². The van der Waals surface area contributed by atoms with Crippen molar-refractivity contribution in [3.05, 3.63) is 59.4 Å². The number of hydrogen-bond donors (Lipinski definition) is 1. The second-order valence-electron chi connectivity index (χ2n) is 5.11. The van der Waals surface area contributed by atoms with Crippen LogP contribution in [0.2, 0.25) is 0 Å². The zero-order chi connectivity index (χ0) is 15.4. The van der Waals surface area contributed by atoms with Gasteiger partial charge in [-0.2, -0.15) is 0 Å². The minimum atomic E-state index is -0.318. The van der Waals surface area contributed by atoms with Crippen molar-refractivity contribution in [3.8, 4) is 5.75 Å². The molecule has 0 unspecified atom stereocenters. The number of carbonyl (C=O) groups is 1. The molecular formula is C17H18FNO2. The van der Waals surface area contributed by atoms with Gasteiger partial charge in [0.15, 0.2) is 0 Å². The van der Waals surface area contributed by atoms with Gasteiger partial charge in [0.25, 0.3) is 5.91 Å². The molecule has 110 valence electrons. The van der Waals surface area contributed by atoms with Gasteiger partial charge in [0.1, 0.15) is 11.6 Å². The number of benzene rings is 2. The van der Waals surface area contributed by atoms with Crippen molar-refractivity contribution < 1.29 is 13.9 Å². The maximum atomic E-state index is 13.2. The maximum absolute atomic E-state index is 13.2. The SMILES string of the molecule is Cc1cc(C(=O)Nc2ccc(OC(C)C)cc2)ccc1F. The van der Waals surface area contributed by atoms with Gasteiger partial charge in [-0.3, -0.25) is 4.79 Å². The van der Waals surface area contributed by atoms with E-state index in [-0.39, 0.29) is 17.8 Å². The van der Waals surface area contributed by atoms with Crippen molar-refractivity contribution in [1.29, 1.82) is 0 Å². The molecule has 0 saturated heterocycles. The summed E-state index contributed by atoms with van der Waals surface area (Å²) in [5.74, 6) is 0.165. The number of aryl methyl sites for hydroxylation is 1. The summed E-state index contributed by atoms with van der Waals surface area (Å²) in [6, 6.07) is 11.4. The van der Waals surface area contributed by atoms with E-state index in [2.05, 4.69) is 5.32 Å². The van der Waals surface area contributed by atoms with E-state index in [1.807, 2.05) is 13.8 Å². The van der Waals surface area contributed by atoms with Crippen molar-refractivity contribution in [3.63, 3.8) is 0 Å². The molecule has 2 rings (SSSR count). The minimum Gasteiger partial charge on any atom is -0.491 e. The Morgan fingerprint density at radius 3 is 2.38 bits per heavy atom. The second-order valence-corrected chi connectivity index (χ2v) is 5.11. The van der Waals surface area contributed by atoms with Gasteiger partial charge in [-0.1, -0.05) is 0 Å². The molecule has 0 heterocycles. The smallest absolute Gasteiger partial charge is 0.255 e. The Balaban J connectivity index is 2.06. The zero-order valence-electron chi connectivity index (χ0n) is 12.3. The molecule has 0 fully saturated rings. The lowest BCUT2D eigenvalue weighted by Gasteiger charge is -2.11. The molecule has 2 aromatic rings. The molecule has 3 nitrogen and oxygen atoms in total. The van der Waals surface area contributed by atoms with E-state index in [0.717, 1.165) is 5.75 Å². The van der Waals surface area contributed by atoms with Crippen LogP contribution in [-0.4, -0.2) is 12.0 Å². The Morgan fingerprint density at radius 2 is 1.81 bits per heavy atom. The first-order valence-electron chi connectivity index (χ1n) is 6.80. The van der Waals surface area contributed by atoms with Crippen LogP contribution in [0.3, 0.4) is 0 Å². The molecule has 0 spiro atoms. The predicted octanol–water partition coefficient (Wildman–Crippen LogP) is 4.17. The molecule has 0 atom stereocenters. The third-order valence-electron chi connectivity index (χ3n) is 2.90. The number of amides is 1. The molecule has 4 heteroatoms. The molecule has 1 amide bonds. The maximum Gasteiger partial charge on any atom is 0.255 e. The number of halogens is 1. The van der Waals surface area contributed by atoms with E-state index in [1.165, 1.54) is 18.2 Å². The van der Waals surface area contributed by atoms with E-state index in [1.54, 1.807) is 31.2 Å². The van der Waals surface area contributed by atoms with E-state index in [9.17, 15) is 9.18 Å². The number of rotatable bonds is 4. The number of ether oxygens (including phenoxy) is 1. The molecular weight excluding hydrogens is 269 g/mol. The quantitative estimate of drug-likeness (QED) is 0.916. The Kier molecular flexibility index (Phi) is 4.58. The van der Waals surface area contributed by atoms with Crippen LogP contribution in [0, 0.1) is 12.7 Å². The second kappa shape index (κ2) is 6.39. The lowest BCUT2D eigenvalue weighted by Crippen LogP contribution is -2.12. The molecule has 21 heavy (non-hydrogen) atoms. The fraction of sp³-hybridized carbons (Fsp3) is 0.235. The zero-order valence-corrected chi connectivity index (χ0v) is 12.3. The van der Waals surface area contributed by atoms with Crippen LogP contribution in [0.5, 0.6) is 5.75 Å². The summed E-state index contributed by atoms with van der Waals surface area (Å²) in [7, 11) is 0. The van der Waals surface area contributed by atoms with Gasteiger partial charge in [-0.05, 0) is 68.8 Å². The van der Waals surface area contributed by atoms with Gasteiger partial charge >= 0.3 is 0 Å². The highest BCUT2D eigenvalue weighted by Crippen LogP contribution is 2.18. The monoisotopic (exact) mass is 287 g/mol. The molecule has 0 bridgehead atoms. The van der Waals surface area contributed by atoms with Crippen molar-refractivity contribution in [2.24, 2.45) is 0 Å². The summed E-state index contributed by atoms with van der Waals surface area (Å²) < 4.78 is 18.7. The first kappa shape index (κ1) is 15.0. The molecule has 0 aliphatic rings. The fourth-order valence-corrected chi connectivity index (χ4v) is 1.88. The van der Waals surface area contributed by atoms with Crippen molar-refractivity contribution in [1.82, 2.24) is 0 Å². The summed E-state index contributed by atoms with van der Waals surface area (Å²) in [6.07, 6.45) is 0.104. The summed E-state index contributed by atoms with van der Waals surface area (Å²) in [4.78, 5) is 12.1. The Bertz CT molecular complexity index is 636. The summed E-state index contributed by atoms with van der Waals surface area (Å²) >= 11 is 0. The van der Waals surface area contributed by atoms with Crippen LogP contribution in [-0.2, 0) is 0 Å². The summed E-state index contributed by atoms with van der Waals surface area (Å²) in [5.41, 5.74) is 1.54. The van der Waals surface area contributed by atoms with Gasteiger partial charge in [-0.15, -0.1) is 0 Å². The molecule has 0 aromatic heterocycles. The van der Waals surface area contributed by atoms with Crippen LogP contribution < -0.4 is 10.1 Å². The van der Waals surface area contributed by atoms with Crippen LogP contribution in [0.25, 0.3) is 0 Å². The van der Waals surface area contributed by atoms with E-state index in [0.29, 0.717) is 16.8 Å². The number of nitrogens with one attached hydrogen (secondary N) is 1. The molecule has 0 aliphatic heterocycles. The van der Waals surface area contributed by atoms with Crippen LogP contribution in [0.4, 0.5) is 10.1 Å². The largest absolute Gasteiger partial charge is 0.491 e. The average molecular weight is 287 g/mol. The molecule has 0 aliphatic carbocycles. The third kappa shape index (κ3) is 4.05. The van der Waals surface area contributed by atoms with Gasteiger partial charge in [-0.25, -0.2) is 4.39 Å². The lowest BCUT2D eigenvalue weighted by molar-refractivity contribution is 0.102. The van der Waals surface area contributed by atoms with Gasteiger partial charge in [0.05, 0.1) is 6.10 Å². The minimum absolute atomic E-state index is 0.104. The standard InChI is InChI=1S/C17H18FNO2/c1-11(2)21-15-7-5-14(6-8-15)19-17(20)13-4-9-16(18)12(3)10-13/h4-11H,1-3H3,(H,19,20). The number of anilines is 1. The van der Waals surface area contributed by atoms with Crippen molar-refractivity contribution >= 4 is 11.6 Å². The van der Waals surface area contributed by atoms with E-state index in [4.69, 9.17) is 4.74 Å². The Morgan fingerprint density at radius 1 is 1.14 bits per heavy atom. The molecule has 0 saturated carbocycles. The highest BCUT2D eigenvalue weighted by Gasteiger charge is 2.08. The van der Waals surface area contributed by atoms with Gasteiger partial charge < -0.3 is 10.1 Å². The number of hydrogen-bond acceptors (Lipinski definition) is 2. The topological polar surface area (TPSA) is 38.3 Å². The highest BCUT2D eigenvalue weighted by molar-refractivity contribution is 6.04. The first-order chi connectivity index (χ1) is 9.95. The molecule has 1 N–H and O–H groups in total. The fourth-order valence-electron chi connectivity index (χ4n) is 1.88. The summed E-state index contributed by atoms with van der Waals surface area (Å²) in [6.45, 7) is 5.53. The normalized spacial score (nSPS) is 10.5. The van der Waals surface area contributed by atoms with E-state index >= 15 is 0 Å². The van der Waals surface area contributed by atoms with Crippen molar-refractivity contribution in [2.45, 2.75) is 26.9 Å². The first-order valence-corrected chi connectivity index (χ1v) is 6.80. The Hall–Kier alpha value is -2.36. The van der Waals surface area contributed by atoms with Crippen LogP contribution >= 0.6 is 0 Å². The highest BCUT2D eigenvalue weighted by atomic mass is 19.1. The van der Waals surface area contributed by atoms with Gasteiger partial charge in [0.2, 0.25) is 0 Å².